The summed E-state index contributed by atoms with van der Waals surface area (Å²) in [6.45, 7) is -0.922. The fourth-order valence-corrected chi connectivity index (χ4v) is 3.10. The first-order chi connectivity index (χ1) is 14.2. The summed E-state index contributed by atoms with van der Waals surface area (Å²) in [5.74, 6) is -1.60. The molecule has 2 unspecified atom stereocenters. The first-order valence-corrected chi connectivity index (χ1v) is 8.78. The number of aliphatic hydroxyl groups is 1. The van der Waals surface area contributed by atoms with Crippen molar-refractivity contribution >= 4 is 16.7 Å². The number of hydrogen-bond donors (Lipinski definition) is 2. The number of methoxy groups -OCH3 is 1. The van der Waals surface area contributed by atoms with Gasteiger partial charge in [-0.25, -0.2) is 0 Å². The number of carbonyl (C=O) groups is 1. The minimum atomic E-state index is -1.64. The largest absolute Gasteiger partial charge is 0.497 e. The van der Waals surface area contributed by atoms with Crippen molar-refractivity contribution in [3.8, 4) is 5.75 Å². The molecule has 0 amide bonds. The maximum Gasteiger partial charge on any atom is 0.310 e. The van der Waals surface area contributed by atoms with E-state index in [4.69, 9.17) is 4.74 Å². The van der Waals surface area contributed by atoms with E-state index < -0.39 is 40.9 Å². The van der Waals surface area contributed by atoms with Crippen LogP contribution in [0.1, 0.15) is 24.3 Å². The van der Waals surface area contributed by atoms with E-state index in [-0.39, 0.29) is 12.8 Å². The fraction of sp³-hybridized carbons (Fsp3) is 0.389. The molecular formula is C18H20N2O10. The van der Waals surface area contributed by atoms with Gasteiger partial charge < -0.3 is 24.6 Å². The van der Waals surface area contributed by atoms with Crippen LogP contribution in [0.5, 0.6) is 5.75 Å². The molecule has 2 N–H and O–H groups in total. The van der Waals surface area contributed by atoms with E-state index >= 15 is 0 Å². The third-order valence-electron chi connectivity index (χ3n) is 4.55. The Kier molecular flexibility index (Phi) is 7.69. The molecule has 0 aliphatic heterocycles. The molecule has 2 aromatic rings. The smallest absolute Gasteiger partial charge is 0.310 e. The second kappa shape index (κ2) is 10.2. The molecule has 0 aromatic heterocycles. The predicted octanol–water partition coefficient (Wildman–Crippen LogP) is 1.94. The van der Waals surface area contributed by atoms with Crippen LogP contribution in [0.15, 0.2) is 36.4 Å². The number of ether oxygens (including phenoxy) is 1. The second-order valence-electron chi connectivity index (χ2n) is 6.36. The third-order valence-corrected chi connectivity index (χ3v) is 4.55. The molecule has 2 rings (SSSR count). The van der Waals surface area contributed by atoms with Crippen LogP contribution in [0.2, 0.25) is 0 Å². The number of benzene rings is 2. The molecule has 162 valence electrons. The summed E-state index contributed by atoms with van der Waals surface area (Å²) < 4.78 is 5.15. The monoisotopic (exact) mass is 424 g/mol. The Balaban J connectivity index is 2.24. The molecule has 12 heteroatoms. The van der Waals surface area contributed by atoms with Gasteiger partial charge in [0.2, 0.25) is 0 Å². The lowest BCUT2D eigenvalue weighted by molar-refractivity contribution is -0.799. The Hall–Kier alpha value is -3.67. The van der Waals surface area contributed by atoms with Gasteiger partial charge in [0.05, 0.1) is 19.6 Å². The van der Waals surface area contributed by atoms with Crippen molar-refractivity contribution in [2.75, 3.05) is 13.7 Å². The lowest BCUT2D eigenvalue weighted by Gasteiger charge is -2.23. The zero-order valence-electron chi connectivity index (χ0n) is 15.9. The minimum absolute atomic E-state index is 0.146. The molecule has 0 fully saturated rings. The lowest BCUT2D eigenvalue weighted by Crippen LogP contribution is -2.38. The van der Waals surface area contributed by atoms with Gasteiger partial charge in [-0.3, -0.25) is 4.79 Å². The minimum Gasteiger partial charge on any atom is -0.497 e. The molecule has 0 saturated heterocycles. The molecule has 0 spiro atoms. The first kappa shape index (κ1) is 22.6. The summed E-state index contributed by atoms with van der Waals surface area (Å²) in [6, 6.07) is 10.3. The number of fused-ring (bicyclic) bond motifs is 1. The van der Waals surface area contributed by atoms with Crippen LogP contribution < -0.4 is 4.74 Å². The number of rotatable bonds is 12. The van der Waals surface area contributed by atoms with Gasteiger partial charge in [-0.1, -0.05) is 24.3 Å². The fourth-order valence-electron chi connectivity index (χ4n) is 3.10. The Bertz CT molecular complexity index is 919. The first-order valence-electron chi connectivity index (χ1n) is 8.78. The van der Waals surface area contributed by atoms with Gasteiger partial charge in [0.1, 0.15) is 11.9 Å². The van der Waals surface area contributed by atoms with Crippen LogP contribution >= 0.6 is 0 Å². The van der Waals surface area contributed by atoms with Crippen molar-refractivity contribution in [3.63, 3.8) is 0 Å². The number of carboxylic acids is 1. The number of aliphatic hydroxyl groups excluding tert-OH is 1. The summed E-state index contributed by atoms with van der Waals surface area (Å²) in [7, 11) is 1.53. The van der Waals surface area contributed by atoms with Gasteiger partial charge in [0, 0.05) is 0 Å². The van der Waals surface area contributed by atoms with Gasteiger partial charge in [-0.15, -0.1) is 20.2 Å². The standard InChI is InChI=1S/C18H20N2O10/c1-28-14-5-4-11-8-13(3-2-12(11)9-14)15(18(22)23)6-7-16(29-19(24)25)17(10-21)30-20(26)27/h2-5,8-9,15-17,21H,6-7,10H2,1H3,(H,22,23)/t15-,16?,17?/m0/s1. The van der Waals surface area contributed by atoms with Gasteiger partial charge in [0.25, 0.3) is 10.2 Å². The van der Waals surface area contributed by atoms with Crippen LogP contribution in [-0.2, 0) is 14.5 Å². The number of nitrogens with zero attached hydrogens (tertiary/aromatic N) is 2. The zero-order chi connectivity index (χ0) is 22.3. The highest BCUT2D eigenvalue weighted by atomic mass is 17.0. The molecule has 0 aliphatic carbocycles. The SMILES string of the molecule is COc1ccc2cc([C@H](CCC(O[N+](=O)[O-])C(CO)O[N+](=O)[O-])C(=O)O)ccc2c1. The van der Waals surface area contributed by atoms with E-state index in [1.807, 2.05) is 0 Å². The van der Waals surface area contributed by atoms with Crippen molar-refractivity contribution < 1.29 is 39.6 Å². The van der Waals surface area contributed by atoms with Crippen molar-refractivity contribution in [2.24, 2.45) is 0 Å². The van der Waals surface area contributed by atoms with Gasteiger partial charge in [0.15, 0.2) is 6.10 Å². The zero-order valence-corrected chi connectivity index (χ0v) is 15.9. The van der Waals surface area contributed by atoms with Gasteiger partial charge >= 0.3 is 5.97 Å². The summed E-state index contributed by atoms with van der Waals surface area (Å²) in [4.78, 5) is 41.7. The molecular weight excluding hydrogens is 404 g/mol. The topological polar surface area (TPSA) is 172 Å². The average molecular weight is 424 g/mol. The molecule has 30 heavy (non-hydrogen) atoms. The van der Waals surface area contributed by atoms with Crippen molar-refractivity contribution in [1.82, 2.24) is 0 Å². The summed E-state index contributed by atoms with van der Waals surface area (Å²) in [6.07, 6.45) is -3.59. The molecule has 12 nitrogen and oxygen atoms in total. The Morgan fingerprint density at radius 1 is 1.00 bits per heavy atom. The van der Waals surface area contributed by atoms with E-state index in [1.54, 1.807) is 36.4 Å². The molecule has 0 aliphatic rings. The number of hydrogen-bond acceptors (Lipinski definition) is 9. The highest BCUT2D eigenvalue weighted by Crippen LogP contribution is 2.29. The summed E-state index contributed by atoms with van der Waals surface area (Å²) in [5.41, 5.74) is 0.441. The van der Waals surface area contributed by atoms with E-state index in [0.717, 1.165) is 10.8 Å². The van der Waals surface area contributed by atoms with Crippen LogP contribution in [0.25, 0.3) is 10.8 Å². The average Bonchev–Trinajstić information content (AvgIpc) is 2.70. The number of carboxylic acid groups (broad SMARTS) is 1. The van der Waals surface area contributed by atoms with Crippen LogP contribution in [0.4, 0.5) is 0 Å². The Morgan fingerprint density at radius 2 is 1.60 bits per heavy atom. The summed E-state index contributed by atoms with van der Waals surface area (Å²) in [5, 5.41) is 39.4. The van der Waals surface area contributed by atoms with Crippen LogP contribution in [-0.4, -0.2) is 52.3 Å². The highest BCUT2D eigenvalue weighted by Gasteiger charge is 2.30. The quantitative estimate of drug-likeness (QED) is 0.379. The molecule has 3 atom stereocenters. The Morgan fingerprint density at radius 3 is 2.17 bits per heavy atom. The Labute approximate surface area is 169 Å². The van der Waals surface area contributed by atoms with Gasteiger partial charge in [-0.05, 0) is 41.3 Å². The van der Waals surface area contributed by atoms with E-state index in [9.17, 15) is 35.2 Å². The second-order valence-corrected chi connectivity index (χ2v) is 6.36. The van der Waals surface area contributed by atoms with Crippen molar-refractivity contribution in [2.45, 2.75) is 31.0 Å². The maximum atomic E-state index is 11.8. The summed E-state index contributed by atoms with van der Waals surface area (Å²) >= 11 is 0. The molecule has 0 saturated carbocycles. The third kappa shape index (κ3) is 5.91. The number of aliphatic carboxylic acids is 1. The van der Waals surface area contributed by atoms with Crippen LogP contribution in [0.3, 0.4) is 0 Å². The maximum absolute atomic E-state index is 11.8. The highest BCUT2D eigenvalue weighted by molar-refractivity contribution is 5.86. The molecule has 0 heterocycles. The van der Waals surface area contributed by atoms with E-state index in [2.05, 4.69) is 9.68 Å². The normalized spacial score (nSPS) is 13.8. The lowest BCUT2D eigenvalue weighted by atomic mass is 9.90. The molecule has 0 bridgehead atoms. The van der Waals surface area contributed by atoms with Crippen LogP contribution in [0, 0.1) is 20.2 Å². The molecule has 0 radical (unpaired) electrons. The van der Waals surface area contributed by atoms with Gasteiger partial charge in [-0.2, -0.15) is 0 Å². The van der Waals surface area contributed by atoms with Crippen molar-refractivity contribution in [3.05, 3.63) is 62.2 Å². The molecule has 2 aromatic carbocycles. The van der Waals surface area contributed by atoms with E-state index in [1.165, 1.54) is 7.11 Å². The van der Waals surface area contributed by atoms with E-state index in [0.29, 0.717) is 11.3 Å². The predicted molar refractivity (Wildman–Crippen MR) is 101 cm³/mol. The van der Waals surface area contributed by atoms with Crippen molar-refractivity contribution in [1.29, 1.82) is 0 Å².